The highest BCUT2D eigenvalue weighted by Gasteiger charge is 2.31. The van der Waals surface area contributed by atoms with Crippen molar-refractivity contribution in [2.75, 3.05) is 21.3 Å². The van der Waals surface area contributed by atoms with E-state index in [0.717, 1.165) is 0 Å². The second kappa shape index (κ2) is 8.27. The van der Waals surface area contributed by atoms with Crippen LogP contribution in [0.4, 0.5) is 0 Å². The van der Waals surface area contributed by atoms with E-state index in [2.05, 4.69) is 14.2 Å². The molecule has 0 saturated heterocycles. The maximum atomic E-state index is 11.5. The quantitative estimate of drug-likeness (QED) is 0.304. The number of methoxy groups -OCH3 is 3. The summed E-state index contributed by atoms with van der Waals surface area (Å²) in [4.78, 5) is 34.4. The number of hydrogen-bond acceptors (Lipinski definition) is 6. The number of esters is 3. The molecule has 0 radical (unpaired) electrons. The highest BCUT2D eigenvalue weighted by atomic mass is 16.5. The molecule has 102 valence electrons. The summed E-state index contributed by atoms with van der Waals surface area (Å²) in [5, 5.41) is 0. The lowest BCUT2D eigenvalue weighted by molar-refractivity contribution is -0.158. The van der Waals surface area contributed by atoms with Gasteiger partial charge in [0.15, 0.2) is 5.92 Å². The number of rotatable bonds is 6. The van der Waals surface area contributed by atoms with E-state index in [-0.39, 0.29) is 12.0 Å². The van der Waals surface area contributed by atoms with E-state index in [4.69, 9.17) is 0 Å². The summed E-state index contributed by atoms with van der Waals surface area (Å²) < 4.78 is 13.6. The SMILES string of the molecule is CC/C=C(\CC(C(=O)OC)C(=O)OC)C(=O)OC. The van der Waals surface area contributed by atoms with Gasteiger partial charge in [-0.05, 0) is 6.42 Å². The molecule has 0 aliphatic rings. The van der Waals surface area contributed by atoms with Crippen molar-refractivity contribution in [3.63, 3.8) is 0 Å². The van der Waals surface area contributed by atoms with E-state index in [1.54, 1.807) is 6.08 Å². The lowest BCUT2D eigenvalue weighted by Gasteiger charge is -2.13. The normalized spacial score (nSPS) is 11.1. The molecule has 6 nitrogen and oxygen atoms in total. The summed E-state index contributed by atoms with van der Waals surface area (Å²) in [5.74, 6) is -3.22. The van der Waals surface area contributed by atoms with E-state index in [0.29, 0.717) is 6.42 Å². The van der Waals surface area contributed by atoms with Gasteiger partial charge in [0.2, 0.25) is 0 Å². The molecule has 0 rings (SSSR count). The van der Waals surface area contributed by atoms with Crippen molar-refractivity contribution < 1.29 is 28.6 Å². The van der Waals surface area contributed by atoms with Crippen LogP contribution < -0.4 is 0 Å². The number of allylic oxidation sites excluding steroid dienone is 1. The predicted molar refractivity (Wildman–Crippen MR) is 62.5 cm³/mol. The Balaban J connectivity index is 5.04. The van der Waals surface area contributed by atoms with Crippen molar-refractivity contribution in [2.24, 2.45) is 5.92 Å². The monoisotopic (exact) mass is 258 g/mol. The molecule has 0 aromatic rings. The summed E-state index contributed by atoms with van der Waals surface area (Å²) in [6.07, 6.45) is 2.09. The van der Waals surface area contributed by atoms with Crippen molar-refractivity contribution in [1.29, 1.82) is 0 Å². The third-order valence-electron chi connectivity index (χ3n) is 2.29. The van der Waals surface area contributed by atoms with Gasteiger partial charge in [0.05, 0.1) is 21.3 Å². The Kier molecular flexibility index (Phi) is 7.42. The van der Waals surface area contributed by atoms with Crippen LogP contribution in [-0.2, 0) is 28.6 Å². The molecule has 0 unspecified atom stereocenters. The molecule has 0 bridgehead atoms. The van der Waals surface area contributed by atoms with E-state index in [9.17, 15) is 14.4 Å². The largest absolute Gasteiger partial charge is 0.468 e. The molecule has 0 aliphatic heterocycles. The Bertz CT molecular complexity index is 328. The first-order valence-electron chi connectivity index (χ1n) is 5.44. The fraction of sp³-hybridized carbons (Fsp3) is 0.583. The highest BCUT2D eigenvalue weighted by molar-refractivity contribution is 5.97. The van der Waals surface area contributed by atoms with Crippen LogP contribution in [0.1, 0.15) is 19.8 Å². The first kappa shape index (κ1) is 16.1. The van der Waals surface area contributed by atoms with Crippen molar-refractivity contribution >= 4 is 17.9 Å². The molecule has 18 heavy (non-hydrogen) atoms. The van der Waals surface area contributed by atoms with Crippen LogP contribution in [0, 0.1) is 5.92 Å². The first-order valence-corrected chi connectivity index (χ1v) is 5.44. The van der Waals surface area contributed by atoms with Gasteiger partial charge in [-0.2, -0.15) is 0 Å². The molecule has 0 saturated carbocycles. The van der Waals surface area contributed by atoms with E-state index < -0.39 is 23.8 Å². The summed E-state index contributed by atoms with van der Waals surface area (Å²) >= 11 is 0. The zero-order chi connectivity index (χ0) is 14.1. The average Bonchev–Trinajstić information content (AvgIpc) is 2.40. The summed E-state index contributed by atoms with van der Waals surface area (Å²) in [6.45, 7) is 1.83. The molecule has 0 aliphatic carbocycles. The third-order valence-corrected chi connectivity index (χ3v) is 2.29. The lowest BCUT2D eigenvalue weighted by Crippen LogP contribution is -2.28. The summed E-state index contributed by atoms with van der Waals surface area (Å²) in [7, 11) is 3.57. The van der Waals surface area contributed by atoms with E-state index >= 15 is 0 Å². The molecular weight excluding hydrogens is 240 g/mol. The number of ether oxygens (including phenoxy) is 3. The molecule has 0 N–H and O–H groups in total. The molecule has 0 atom stereocenters. The average molecular weight is 258 g/mol. The Hall–Kier alpha value is -1.85. The van der Waals surface area contributed by atoms with Crippen LogP contribution in [0.3, 0.4) is 0 Å². The Morgan fingerprint density at radius 3 is 1.83 bits per heavy atom. The third kappa shape index (κ3) is 4.57. The number of carbonyl (C=O) groups excluding carboxylic acids is 3. The van der Waals surface area contributed by atoms with E-state index in [1.807, 2.05) is 6.92 Å². The van der Waals surface area contributed by atoms with Crippen molar-refractivity contribution in [1.82, 2.24) is 0 Å². The smallest absolute Gasteiger partial charge is 0.333 e. The Morgan fingerprint density at radius 2 is 1.50 bits per heavy atom. The van der Waals surface area contributed by atoms with Crippen LogP contribution in [0.5, 0.6) is 0 Å². The molecule has 0 aromatic carbocycles. The van der Waals surface area contributed by atoms with Crippen LogP contribution >= 0.6 is 0 Å². The minimum Gasteiger partial charge on any atom is -0.468 e. The molecular formula is C12H18O6. The fourth-order valence-electron chi connectivity index (χ4n) is 1.39. The zero-order valence-electron chi connectivity index (χ0n) is 11.0. The van der Waals surface area contributed by atoms with Crippen molar-refractivity contribution in [2.45, 2.75) is 19.8 Å². The molecule has 0 spiro atoms. The molecule has 0 fully saturated rings. The molecule has 0 amide bonds. The second-order valence-electron chi connectivity index (χ2n) is 3.43. The Morgan fingerprint density at radius 1 is 1.00 bits per heavy atom. The zero-order valence-corrected chi connectivity index (χ0v) is 11.0. The van der Waals surface area contributed by atoms with Gasteiger partial charge in [-0.1, -0.05) is 13.0 Å². The highest BCUT2D eigenvalue weighted by Crippen LogP contribution is 2.17. The van der Waals surface area contributed by atoms with E-state index in [1.165, 1.54) is 21.3 Å². The van der Waals surface area contributed by atoms with Gasteiger partial charge in [0.25, 0.3) is 0 Å². The summed E-state index contributed by atoms with van der Waals surface area (Å²) in [5.41, 5.74) is 0.251. The number of hydrogen-bond donors (Lipinski definition) is 0. The number of carbonyl (C=O) groups is 3. The maximum Gasteiger partial charge on any atom is 0.333 e. The fourth-order valence-corrected chi connectivity index (χ4v) is 1.39. The van der Waals surface area contributed by atoms with Gasteiger partial charge in [-0.3, -0.25) is 9.59 Å². The Labute approximate surface area is 106 Å². The first-order chi connectivity index (χ1) is 8.51. The standard InChI is InChI=1S/C12H18O6/c1-5-6-8(10(13)16-2)7-9(11(14)17-3)12(15)18-4/h6,9H,5,7H2,1-4H3/b8-6+. The molecule has 0 aromatic heterocycles. The summed E-state index contributed by atoms with van der Waals surface area (Å²) in [6, 6.07) is 0. The van der Waals surface area contributed by atoms with Gasteiger partial charge >= 0.3 is 17.9 Å². The lowest BCUT2D eigenvalue weighted by atomic mass is 9.98. The van der Waals surface area contributed by atoms with Gasteiger partial charge in [-0.15, -0.1) is 0 Å². The van der Waals surface area contributed by atoms with Crippen LogP contribution in [0.25, 0.3) is 0 Å². The topological polar surface area (TPSA) is 78.9 Å². The second-order valence-corrected chi connectivity index (χ2v) is 3.43. The van der Waals surface area contributed by atoms with Gasteiger partial charge < -0.3 is 14.2 Å². The van der Waals surface area contributed by atoms with Gasteiger partial charge in [0.1, 0.15) is 0 Å². The van der Waals surface area contributed by atoms with Gasteiger partial charge in [-0.25, -0.2) is 4.79 Å². The van der Waals surface area contributed by atoms with Crippen LogP contribution in [0.2, 0.25) is 0 Å². The van der Waals surface area contributed by atoms with Crippen LogP contribution in [0.15, 0.2) is 11.6 Å². The molecule has 6 heteroatoms. The minimum absolute atomic E-state index is 0.0974. The van der Waals surface area contributed by atoms with Crippen molar-refractivity contribution in [3.8, 4) is 0 Å². The van der Waals surface area contributed by atoms with Crippen LogP contribution in [-0.4, -0.2) is 39.2 Å². The maximum absolute atomic E-state index is 11.5. The van der Waals surface area contributed by atoms with Gasteiger partial charge in [0, 0.05) is 12.0 Å². The predicted octanol–water partition coefficient (Wildman–Crippen LogP) is 0.848. The molecule has 0 heterocycles. The minimum atomic E-state index is -1.16. The van der Waals surface area contributed by atoms with Crippen molar-refractivity contribution in [3.05, 3.63) is 11.6 Å².